The number of carbonyl (C=O) groups is 1. The quantitative estimate of drug-likeness (QED) is 0.798. The smallest absolute Gasteiger partial charge is 0.271 e. The first-order chi connectivity index (χ1) is 15.2. The zero-order valence-electron chi connectivity index (χ0n) is 17.9. The van der Waals surface area contributed by atoms with Crippen LogP contribution in [0.5, 0.6) is 11.6 Å². The standard InChI is InChI=1S/C24H30N4O3/c29-24(27-19-8-12-30-13-9-19)22-15-26-23(16-25-22)31-21-5-4-17-6-10-28(20-2-1-3-20)11-7-18(17)14-21/h4-5,14-16,19-20H,1-3,6-13H2,(H,27,29). The van der Waals surface area contributed by atoms with Gasteiger partial charge in [0.1, 0.15) is 11.4 Å². The SMILES string of the molecule is O=C(NC1CCOCC1)c1cnc(Oc2ccc3c(c2)CCN(C2CCC2)CC3)cn1. The molecule has 1 aromatic carbocycles. The van der Waals surface area contributed by atoms with Crippen LogP contribution in [0, 0.1) is 0 Å². The molecule has 1 N–H and O–H groups in total. The summed E-state index contributed by atoms with van der Waals surface area (Å²) in [5, 5.41) is 3.00. The molecule has 0 bridgehead atoms. The highest BCUT2D eigenvalue weighted by molar-refractivity contribution is 5.92. The lowest BCUT2D eigenvalue weighted by Crippen LogP contribution is -2.41. The zero-order chi connectivity index (χ0) is 21.0. The van der Waals surface area contributed by atoms with Crippen LogP contribution < -0.4 is 10.1 Å². The molecule has 1 aromatic heterocycles. The number of aromatic nitrogens is 2. The lowest BCUT2D eigenvalue weighted by Gasteiger charge is -2.36. The minimum atomic E-state index is -0.202. The van der Waals surface area contributed by atoms with E-state index >= 15 is 0 Å². The number of benzene rings is 1. The Bertz CT molecular complexity index is 908. The van der Waals surface area contributed by atoms with E-state index in [9.17, 15) is 4.79 Å². The number of fused-ring (bicyclic) bond motifs is 1. The summed E-state index contributed by atoms with van der Waals surface area (Å²) in [4.78, 5) is 23.6. The molecule has 1 aliphatic carbocycles. The summed E-state index contributed by atoms with van der Waals surface area (Å²) < 4.78 is 11.3. The molecule has 5 rings (SSSR count). The van der Waals surface area contributed by atoms with Gasteiger partial charge in [-0.3, -0.25) is 9.69 Å². The van der Waals surface area contributed by atoms with Crippen molar-refractivity contribution in [1.29, 1.82) is 0 Å². The second-order valence-corrected chi connectivity index (χ2v) is 8.75. The molecule has 2 aliphatic heterocycles. The van der Waals surface area contributed by atoms with Crippen molar-refractivity contribution in [3.05, 3.63) is 47.4 Å². The van der Waals surface area contributed by atoms with Gasteiger partial charge in [0.15, 0.2) is 0 Å². The number of hydrogen-bond donors (Lipinski definition) is 1. The van der Waals surface area contributed by atoms with Crippen LogP contribution in [0.3, 0.4) is 0 Å². The van der Waals surface area contributed by atoms with E-state index in [1.807, 2.05) is 6.07 Å². The minimum Gasteiger partial charge on any atom is -0.437 e. The molecule has 0 atom stereocenters. The summed E-state index contributed by atoms with van der Waals surface area (Å²) in [6.45, 7) is 3.64. The first-order valence-corrected chi connectivity index (χ1v) is 11.5. The van der Waals surface area contributed by atoms with E-state index in [0.29, 0.717) is 24.8 Å². The van der Waals surface area contributed by atoms with Crippen LogP contribution in [0.1, 0.15) is 53.7 Å². The maximum Gasteiger partial charge on any atom is 0.271 e. The van der Waals surface area contributed by atoms with E-state index < -0.39 is 0 Å². The van der Waals surface area contributed by atoms with Crippen molar-refractivity contribution in [1.82, 2.24) is 20.2 Å². The average molecular weight is 423 g/mol. The van der Waals surface area contributed by atoms with Gasteiger partial charge >= 0.3 is 0 Å². The third-order valence-corrected chi connectivity index (χ3v) is 6.75. The Hall–Kier alpha value is -2.51. The topological polar surface area (TPSA) is 76.6 Å². The van der Waals surface area contributed by atoms with Crippen LogP contribution in [0.2, 0.25) is 0 Å². The van der Waals surface area contributed by atoms with Crippen LogP contribution in [0.25, 0.3) is 0 Å². The fourth-order valence-corrected chi connectivity index (χ4v) is 4.61. The number of rotatable bonds is 5. The van der Waals surface area contributed by atoms with Gasteiger partial charge in [0, 0.05) is 38.4 Å². The van der Waals surface area contributed by atoms with Gasteiger partial charge in [-0.1, -0.05) is 12.5 Å². The molecule has 2 fully saturated rings. The lowest BCUT2D eigenvalue weighted by atomic mass is 9.91. The molecule has 164 valence electrons. The van der Waals surface area contributed by atoms with Gasteiger partial charge < -0.3 is 14.8 Å². The molecule has 1 amide bonds. The normalized spacial score (nSPS) is 20.4. The van der Waals surface area contributed by atoms with Crippen molar-refractivity contribution in [3.63, 3.8) is 0 Å². The molecule has 0 unspecified atom stereocenters. The van der Waals surface area contributed by atoms with Crippen LogP contribution in [-0.2, 0) is 17.6 Å². The van der Waals surface area contributed by atoms with E-state index in [2.05, 4.69) is 32.3 Å². The van der Waals surface area contributed by atoms with Crippen molar-refractivity contribution in [2.45, 2.75) is 57.0 Å². The number of amides is 1. The van der Waals surface area contributed by atoms with Gasteiger partial charge in [-0.05, 0) is 61.8 Å². The summed E-state index contributed by atoms with van der Waals surface area (Å²) in [5.41, 5.74) is 3.08. The van der Waals surface area contributed by atoms with E-state index in [-0.39, 0.29) is 11.9 Å². The van der Waals surface area contributed by atoms with Gasteiger partial charge in [-0.25, -0.2) is 9.97 Å². The number of carbonyl (C=O) groups excluding carboxylic acids is 1. The highest BCUT2D eigenvalue weighted by atomic mass is 16.5. The molecule has 2 aromatic rings. The first kappa shape index (κ1) is 20.4. The largest absolute Gasteiger partial charge is 0.437 e. The van der Waals surface area contributed by atoms with Crippen molar-refractivity contribution < 1.29 is 14.3 Å². The Balaban J connectivity index is 1.19. The van der Waals surface area contributed by atoms with Gasteiger partial charge in [-0.15, -0.1) is 0 Å². The number of nitrogens with one attached hydrogen (secondary N) is 1. The molecular formula is C24H30N4O3. The summed E-state index contributed by atoms with van der Waals surface area (Å²) in [6.07, 6.45) is 10.9. The molecular weight excluding hydrogens is 392 g/mol. The van der Waals surface area contributed by atoms with Gasteiger partial charge in [0.2, 0.25) is 5.88 Å². The summed E-state index contributed by atoms with van der Waals surface area (Å²) in [7, 11) is 0. The fourth-order valence-electron chi connectivity index (χ4n) is 4.61. The van der Waals surface area contributed by atoms with Gasteiger partial charge in [0.05, 0.1) is 12.4 Å². The predicted molar refractivity (Wildman–Crippen MR) is 116 cm³/mol. The Labute approximate surface area is 183 Å². The molecule has 7 nitrogen and oxygen atoms in total. The van der Waals surface area contributed by atoms with E-state index in [1.165, 1.54) is 42.8 Å². The first-order valence-electron chi connectivity index (χ1n) is 11.5. The highest BCUT2D eigenvalue weighted by Crippen LogP contribution is 2.29. The van der Waals surface area contributed by atoms with E-state index in [1.54, 1.807) is 0 Å². The Morgan fingerprint density at radius 3 is 2.55 bits per heavy atom. The summed E-state index contributed by atoms with van der Waals surface area (Å²) >= 11 is 0. The van der Waals surface area contributed by atoms with Crippen molar-refractivity contribution in [2.24, 2.45) is 0 Å². The molecule has 0 radical (unpaired) electrons. The highest BCUT2D eigenvalue weighted by Gasteiger charge is 2.26. The number of nitrogens with zero attached hydrogens (tertiary/aromatic N) is 3. The van der Waals surface area contributed by atoms with E-state index in [4.69, 9.17) is 9.47 Å². The van der Waals surface area contributed by atoms with Crippen LogP contribution >= 0.6 is 0 Å². The molecule has 7 heteroatoms. The predicted octanol–water partition coefficient (Wildman–Crippen LogP) is 3.13. The van der Waals surface area contributed by atoms with Gasteiger partial charge in [-0.2, -0.15) is 0 Å². The van der Waals surface area contributed by atoms with Crippen molar-refractivity contribution in [2.75, 3.05) is 26.3 Å². The second kappa shape index (κ2) is 9.32. The Kier molecular flexibility index (Phi) is 6.13. The Morgan fingerprint density at radius 1 is 1.03 bits per heavy atom. The van der Waals surface area contributed by atoms with Crippen LogP contribution in [-0.4, -0.2) is 59.2 Å². The summed E-state index contributed by atoms with van der Waals surface area (Å²) in [5.74, 6) is 0.962. The van der Waals surface area contributed by atoms with Crippen LogP contribution in [0.4, 0.5) is 0 Å². The number of hydrogen-bond acceptors (Lipinski definition) is 6. The molecule has 0 spiro atoms. The maximum absolute atomic E-state index is 12.4. The maximum atomic E-state index is 12.4. The number of ether oxygens (including phenoxy) is 2. The molecule has 1 saturated heterocycles. The van der Waals surface area contributed by atoms with Crippen molar-refractivity contribution in [3.8, 4) is 11.6 Å². The third-order valence-electron chi connectivity index (χ3n) is 6.75. The van der Waals surface area contributed by atoms with Crippen LogP contribution in [0.15, 0.2) is 30.6 Å². The molecule has 1 saturated carbocycles. The average Bonchev–Trinajstić information content (AvgIpc) is 2.96. The Morgan fingerprint density at radius 2 is 1.84 bits per heavy atom. The third kappa shape index (κ3) is 4.88. The lowest BCUT2D eigenvalue weighted by molar-refractivity contribution is 0.0694. The fraction of sp³-hybridized carbons (Fsp3) is 0.542. The molecule has 31 heavy (non-hydrogen) atoms. The second-order valence-electron chi connectivity index (χ2n) is 8.75. The van der Waals surface area contributed by atoms with Gasteiger partial charge in [0.25, 0.3) is 5.91 Å². The van der Waals surface area contributed by atoms with Crippen molar-refractivity contribution >= 4 is 5.91 Å². The van der Waals surface area contributed by atoms with E-state index in [0.717, 1.165) is 50.6 Å². The summed E-state index contributed by atoms with van der Waals surface area (Å²) in [6, 6.07) is 7.25. The molecule has 3 aliphatic rings. The monoisotopic (exact) mass is 422 g/mol. The zero-order valence-corrected chi connectivity index (χ0v) is 17.9. The minimum absolute atomic E-state index is 0.138. The molecule has 3 heterocycles.